The lowest BCUT2D eigenvalue weighted by molar-refractivity contribution is -0.154. The number of ether oxygens (including phenoxy) is 1. The molecule has 0 radical (unpaired) electrons. The second-order valence-electron chi connectivity index (χ2n) is 5.26. The van der Waals surface area contributed by atoms with Crippen LogP contribution in [0.1, 0.15) is 32.6 Å². The van der Waals surface area contributed by atoms with Gasteiger partial charge in [-0.25, -0.2) is 0 Å². The van der Waals surface area contributed by atoms with Crippen molar-refractivity contribution in [3.8, 4) is 0 Å². The van der Waals surface area contributed by atoms with E-state index in [0.717, 1.165) is 19.3 Å². The van der Waals surface area contributed by atoms with E-state index in [2.05, 4.69) is 13.5 Å². The van der Waals surface area contributed by atoms with Crippen molar-refractivity contribution in [2.24, 2.45) is 17.3 Å². The third kappa shape index (κ3) is 0.656. The highest BCUT2D eigenvalue weighted by atomic mass is 16.6. The van der Waals surface area contributed by atoms with Gasteiger partial charge in [-0.05, 0) is 38.5 Å². The normalized spacial score (nSPS) is 53.6. The maximum absolute atomic E-state index is 11.9. The van der Waals surface area contributed by atoms with Gasteiger partial charge in [-0.1, -0.05) is 6.08 Å². The molecule has 4 unspecified atom stereocenters. The summed E-state index contributed by atoms with van der Waals surface area (Å²) in [5.41, 5.74) is -0.302. The second kappa shape index (κ2) is 2.23. The Kier molecular flexibility index (Phi) is 1.36. The predicted molar refractivity (Wildman–Crippen MR) is 52.6 cm³/mol. The van der Waals surface area contributed by atoms with E-state index in [1.807, 2.05) is 6.08 Å². The summed E-state index contributed by atoms with van der Waals surface area (Å²) in [4.78, 5) is 11.9. The molecule has 0 N–H and O–H groups in total. The molecule has 4 fully saturated rings. The summed E-state index contributed by atoms with van der Waals surface area (Å²) >= 11 is 0. The van der Waals surface area contributed by atoms with Crippen LogP contribution in [-0.4, -0.2) is 11.6 Å². The number of esters is 1. The summed E-state index contributed by atoms with van der Waals surface area (Å²) in [6.07, 6.45) is 6.11. The van der Waals surface area contributed by atoms with Crippen molar-refractivity contribution in [3.05, 3.63) is 12.7 Å². The van der Waals surface area contributed by atoms with E-state index in [1.165, 1.54) is 6.42 Å². The number of carbonyl (C=O) groups excluding carboxylic acids is 1. The fourth-order valence-corrected chi connectivity index (χ4v) is 4.00. The Morgan fingerprint density at radius 3 is 3.14 bits per heavy atom. The zero-order valence-electron chi connectivity index (χ0n) is 8.58. The molecule has 0 spiro atoms. The van der Waals surface area contributed by atoms with E-state index in [1.54, 1.807) is 0 Å². The highest BCUT2D eigenvalue weighted by Gasteiger charge is 2.74. The molecule has 14 heavy (non-hydrogen) atoms. The largest absolute Gasteiger partial charge is 0.459 e. The van der Waals surface area contributed by atoms with Crippen molar-refractivity contribution in [1.29, 1.82) is 0 Å². The first-order valence-corrected chi connectivity index (χ1v) is 5.48. The molecular formula is C12H16O2. The van der Waals surface area contributed by atoms with Crippen molar-refractivity contribution in [2.75, 3.05) is 0 Å². The number of hydrogen-bond acceptors (Lipinski definition) is 2. The Balaban J connectivity index is 2.06. The van der Waals surface area contributed by atoms with E-state index in [0.29, 0.717) is 11.8 Å². The van der Waals surface area contributed by atoms with E-state index < -0.39 is 0 Å². The van der Waals surface area contributed by atoms with Crippen molar-refractivity contribution in [1.82, 2.24) is 0 Å². The number of allylic oxidation sites excluding steroid dienone is 1. The first-order chi connectivity index (χ1) is 6.63. The Labute approximate surface area is 84.3 Å². The molecule has 0 aromatic carbocycles. The van der Waals surface area contributed by atoms with Crippen LogP contribution in [-0.2, 0) is 9.53 Å². The first-order valence-electron chi connectivity index (χ1n) is 5.48. The van der Waals surface area contributed by atoms with Crippen LogP contribution in [0, 0.1) is 17.3 Å². The van der Waals surface area contributed by atoms with Gasteiger partial charge < -0.3 is 4.74 Å². The molecule has 1 heterocycles. The Morgan fingerprint density at radius 1 is 1.71 bits per heavy atom. The zero-order valence-corrected chi connectivity index (χ0v) is 8.58. The molecule has 4 atom stereocenters. The molecule has 3 saturated carbocycles. The van der Waals surface area contributed by atoms with Crippen molar-refractivity contribution in [3.63, 3.8) is 0 Å². The number of hydrogen-bond donors (Lipinski definition) is 0. The number of carbonyl (C=O) groups is 1. The lowest BCUT2D eigenvalue weighted by Gasteiger charge is -2.56. The van der Waals surface area contributed by atoms with Crippen molar-refractivity contribution >= 4 is 5.97 Å². The molecule has 0 aromatic rings. The average molecular weight is 192 g/mol. The highest BCUT2D eigenvalue weighted by molar-refractivity contribution is 5.83. The molecule has 4 rings (SSSR count). The van der Waals surface area contributed by atoms with Gasteiger partial charge in [0, 0.05) is 5.92 Å². The van der Waals surface area contributed by atoms with Gasteiger partial charge in [0.05, 0.1) is 5.41 Å². The van der Waals surface area contributed by atoms with Gasteiger partial charge in [0.2, 0.25) is 0 Å². The minimum absolute atomic E-state index is 0.0543. The van der Waals surface area contributed by atoms with Crippen LogP contribution in [0.25, 0.3) is 0 Å². The predicted octanol–water partition coefficient (Wildman–Crippen LogP) is 2.29. The Hall–Kier alpha value is -0.790. The summed E-state index contributed by atoms with van der Waals surface area (Å²) in [6.45, 7) is 5.88. The molecule has 0 aromatic heterocycles. The smallest absolute Gasteiger partial charge is 0.313 e. The lowest BCUT2D eigenvalue weighted by Crippen LogP contribution is -2.58. The molecule has 1 aliphatic heterocycles. The fraction of sp³-hybridized carbons (Fsp3) is 0.750. The van der Waals surface area contributed by atoms with Crippen LogP contribution in [0.4, 0.5) is 0 Å². The fourth-order valence-electron chi connectivity index (χ4n) is 4.00. The van der Waals surface area contributed by atoms with Gasteiger partial charge in [0.15, 0.2) is 0 Å². The van der Waals surface area contributed by atoms with E-state index in [-0.39, 0.29) is 17.0 Å². The Morgan fingerprint density at radius 2 is 2.50 bits per heavy atom. The number of rotatable bonds is 2. The van der Waals surface area contributed by atoms with Crippen LogP contribution in [0.15, 0.2) is 12.7 Å². The summed E-state index contributed by atoms with van der Waals surface area (Å²) in [7, 11) is 0. The molecule has 76 valence electrons. The highest BCUT2D eigenvalue weighted by Crippen LogP contribution is 2.70. The van der Waals surface area contributed by atoms with Gasteiger partial charge in [0.25, 0.3) is 0 Å². The quantitative estimate of drug-likeness (QED) is 0.495. The molecule has 3 aliphatic carbocycles. The summed E-state index contributed by atoms with van der Waals surface area (Å²) in [6, 6.07) is 0. The average Bonchev–Trinajstić information content (AvgIpc) is 2.21. The van der Waals surface area contributed by atoms with E-state index >= 15 is 0 Å². The minimum atomic E-state index is -0.158. The second-order valence-corrected chi connectivity index (χ2v) is 5.26. The van der Waals surface area contributed by atoms with Crippen molar-refractivity contribution in [2.45, 2.75) is 38.2 Å². The van der Waals surface area contributed by atoms with Crippen LogP contribution in [0.3, 0.4) is 0 Å². The van der Waals surface area contributed by atoms with Crippen LogP contribution >= 0.6 is 0 Å². The maximum atomic E-state index is 11.9. The SMILES string of the molecule is C=CCC12C(=O)OC3(C)CCC1CC32. The molecule has 2 heteroatoms. The van der Waals surface area contributed by atoms with Crippen LogP contribution < -0.4 is 0 Å². The topological polar surface area (TPSA) is 26.3 Å². The molecule has 4 bridgehead atoms. The molecule has 1 saturated heterocycles. The third-order valence-corrected chi connectivity index (χ3v) is 4.78. The van der Waals surface area contributed by atoms with Gasteiger partial charge in [-0.2, -0.15) is 0 Å². The summed E-state index contributed by atoms with van der Waals surface area (Å²) in [5, 5.41) is 0. The van der Waals surface area contributed by atoms with E-state index in [9.17, 15) is 4.79 Å². The van der Waals surface area contributed by atoms with Crippen LogP contribution in [0.2, 0.25) is 0 Å². The summed E-state index contributed by atoms with van der Waals surface area (Å²) in [5.74, 6) is 1.10. The van der Waals surface area contributed by atoms with E-state index in [4.69, 9.17) is 4.74 Å². The van der Waals surface area contributed by atoms with Crippen molar-refractivity contribution < 1.29 is 9.53 Å². The third-order valence-electron chi connectivity index (χ3n) is 4.78. The Bertz CT molecular complexity index is 320. The molecular weight excluding hydrogens is 176 g/mol. The lowest BCUT2D eigenvalue weighted by atomic mass is 9.44. The standard InChI is InChI=1S/C12H16O2/c1-3-5-12-8-4-6-11(2,9(12)7-8)14-10(12)13/h3,8-9H,1,4-7H2,2H3. The zero-order chi connectivity index (χ0) is 9.97. The van der Waals surface area contributed by atoms with Gasteiger partial charge in [-0.3, -0.25) is 4.79 Å². The van der Waals surface area contributed by atoms with Crippen LogP contribution in [0.5, 0.6) is 0 Å². The first kappa shape index (κ1) is 8.51. The van der Waals surface area contributed by atoms with Gasteiger partial charge in [-0.15, -0.1) is 6.58 Å². The number of fused-ring (bicyclic) bond motifs is 1. The monoisotopic (exact) mass is 192 g/mol. The van der Waals surface area contributed by atoms with Gasteiger partial charge >= 0.3 is 5.97 Å². The molecule has 4 aliphatic rings. The summed E-state index contributed by atoms with van der Waals surface area (Å²) < 4.78 is 5.60. The maximum Gasteiger partial charge on any atom is 0.313 e. The minimum Gasteiger partial charge on any atom is -0.459 e. The van der Waals surface area contributed by atoms with Gasteiger partial charge in [0.1, 0.15) is 5.60 Å². The molecule has 0 amide bonds. The molecule has 2 nitrogen and oxygen atoms in total.